The lowest BCUT2D eigenvalue weighted by atomic mass is 9.99. The molecule has 2 rings (SSSR count). The first kappa shape index (κ1) is 17.3. The molecule has 1 aliphatic rings. The number of piperazine rings is 1. The van der Waals surface area contributed by atoms with E-state index >= 15 is 0 Å². The summed E-state index contributed by atoms with van der Waals surface area (Å²) in [5.41, 5.74) is -0.0873. The third-order valence-electron chi connectivity index (χ3n) is 4.37. The molecule has 1 aromatic heterocycles. The van der Waals surface area contributed by atoms with Crippen LogP contribution in [0.3, 0.4) is 0 Å². The molecular formula is C16H32N6. The Hall–Kier alpha value is -1.01. The monoisotopic (exact) mass is 308 g/mol. The van der Waals surface area contributed by atoms with Gasteiger partial charge in [-0.05, 0) is 50.1 Å². The Kier molecular flexibility index (Phi) is 5.55. The maximum absolute atomic E-state index is 4.38. The number of rotatable bonds is 5. The molecule has 0 N–H and O–H groups in total. The Balaban J connectivity index is 2.17. The van der Waals surface area contributed by atoms with E-state index in [1.807, 2.05) is 4.68 Å². The van der Waals surface area contributed by atoms with Crippen molar-refractivity contribution in [1.82, 2.24) is 30.0 Å². The Bertz CT molecular complexity index is 453. The van der Waals surface area contributed by atoms with Crippen molar-refractivity contribution in [2.45, 2.75) is 59.5 Å². The van der Waals surface area contributed by atoms with Crippen molar-refractivity contribution in [3.8, 4) is 0 Å². The predicted molar refractivity (Wildman–Crippen MR) is 88.7 cm³/mol. The van der Waals surface area contributed by atoms with Gasteiger partial charge in [-0.15, -0.1) is 5.10 Å². The van der Waals surface area contributed by atoms with Gasteiger partial charge in [0.2, 0.25) is 0 Å². The smallest absolute Gasteiger partial charge is 0.169 e. The predicted octanol–water partition coefficient (Wildman–Crippen LogP) is 2.15. The third kappa shape index (κ3) is 3.84. The molecule has 1 saturated heterocycles. The van der Waals surface area contributed by atoms with E-state index in [0.717, 1.165) is 32.0 Å². The minimum Gasteiger partial charge on any atom is -0.301 e. The molecule has 0 amide bonds. The van der Waals surface area contributed by atoms with Gasteiger partial charge in [0.1, 0.15) is 0 Å². The molecule has 0 aliphatic carbocycles. The van der Waals surface area contributed by atoms with Crippen LogP contribution in [0.4, 0.5) is 0 Å². The van der Waals surface area contributed by atoms with Crippen molar-refractivity contribution < 1.29 is 0 Å². The first-order valence-electron chi connectivity index (χ1n) is 8.59. The van der Waals surface area contributed by atoms with Crippen LogP contribution in [-0.2, 0) is 5.54 Å². The molecule has 1 aliphatic heterocycles. The molecule has 2 heterocycles. The van der Waals surface area contributed by atoms with E-state index in [-0.39, 0.29) is 11.6 Å². The summed E-state index contributed by atoms with van der Waals surface area (Å²) < 4.78 is 2.00. The van der Waals surface area contributed by atoms with E-state index < -0.39 is 0 Å². The van der Waals surface area contributed by atoms with Gasteiger partial charge in [0.05, 0.1) is 11.6 Å². The molecular weight excluding hydrogens is 276 g/mol. The summed E-state index contributed by atoms with van der Waals surface area (Å²) in [5, 5.41) is 12.6. The Labute approximate surface area is 134 Å². The summed E-state index contributed by atoms with van der Waals surface area (Å²) in [6.45, 7) is 19.0. The van der Waals surface area contributed by atoms with Crippen LogP contribution in [0.5, 0.6) is 0 Å². The van der Waals surface area contributed by atoms with Crippen LogP contribution in [0.15, 0.2) is 0 Å². The van der Waals surface area contributed by atoms with E-state index in [4.69, 9.17) is 0 Å². The van der Waals surface area contributed by atoms with Gasteiger partial charge in [-0.1, -0.05) is 20.8 Å². The van der Waals surface area contributed by atoms with Crippen molar-refractivity contribution in [2.75, 3.05) is 32.7 Å². The van der Waals surface area contributed by atoms with Crippen LogP contribution >= 0.6 is 0 Å². The zero-order valence-corrected chi connectivity index (χ0v) is 15.1. The van der Waals surface area contributed by atoms with Gasteiger partial charge in [0.25, 0.3) is 0 Å². The molecule has 1 atom stereocenters. The Morgan fingerprint density at radius 1 is 1.09 bits per heavy atom. The number of nitrogens with zero attached hydrogens (tertiary/aromatic N) is 6. The van der Waals surface area contributed by atoms with Gasteiger partial charge >= 0.3 is 0 Å². The van der Waals surface area contributed by atoms with Crippen LogP contribution in [0.1, 0.15) is 59.8 Å². The first-order valence-corrected chi connectivity index (χ1v) is 8.59. The van der Waals surface area contributed by atoms with E-state index in [2.05, 4.69) is 66.9 Å². The minimum absolute atomic E-state index is 0.0873. The van der Waals surface area contributed by atoms with E-state index in [0.29, 0.717) is 5.92 Å². The molecule has 1 aromatic rings. The zero-order chi connectivity index (χ0) is 16.3. The van der Waals surface area contributed by atoms with E-state index in [1.165, 1.54) is 13.0 Å². The van der Waals surface area contributed by atoms with E-state index in [1.54, 1.807) is 0 Å². The SMILES string of the molecule is CCCN1CCN(C(c2nnnn2C(C)(C)C)C(C)C)CC1. The lowest BCUT2D eigenvalue weighted by molar-refractivity contribution is 0.0671. The van der Waals surface area contributed by atoms with Crippen LogP contribution in [-0.4, -0.2) is 62.7 Å². The lowest BCUT2D eigenvalue weighted by Gasteiger charge is -2.40. The molecule has 0 aromatic carbocycles. The maximum atomic E-state index is 4.38. The number of hydrogen-bond acceptors (Lipinski definition) is 5. The lowest BCUT2D eigenvalue weighted by Crippen LogP contribution is -2.49. The molecule has 6 heteroatoms. The molecule has 0 bridgehead atoms. The average Bonchev–Trinajstić information content (AvgIpc) is 2.90. The highest BCUT2D eigenvalue weighted by molar-refractivity contribution is 4.99. The van der Waals surface area contributed by atoms with Gasteiger partial charge < -0.3 is 4.90 Å². The molecule has 1 unspecified atom stereocenters. The summed E-state index contributed by atoms with van der Waals surface area (Å²) in [6, 6.07) is 0.290. The standard InChI is InChI=1S/C16H32N6/c1-7-8-20-9-11-21(12-10-20)14(13(2)3)15-17-18-19-22(15)16(4,5)6/h13-14H,7-12H2,1-6H3. The second-order valence-corrected chi connectivity index (χ2v) is 7.69. The Morgan fingerprint density at radius 2 is 1.73 bits per heavy atom. The topological polar surface area (TPSA) is 50.1 Å². The first-order chi connectivity index (χ1) is 10.3. The number of hydrogen-bond donors (Lipinski definition) is 0. The summed E-state index contributed by atoms with van der Waals surface area (Å²) >= 11 is 0. The van der Waals surface area contributed by atoms with Gasteiger partial charge in [0, 0.05) is 26.2 Å². The third-order valence-corrected chi connectivity index (χ3v) is 4.37. The normalized spacial score (nSPS) is 19.8. The fraction of sp³-hybridized carbons (Fsp3) is 0.938. The van der Waals surface area contributed by atoms with Crippen LogP contribution < -0.4 is 0 Å². The maximum Gasteiger partial charge on any atom is 0.169 e. The average molecular weight is 308 g/mol. The zero-order valence-electron chi connectivity index (χ0n) is 15.1. The molecule has 22 heavy (non-hydrogen) atoms. The Morgan fingerprint density at radius 3 is 2.23 bits per heavy atom. The highest BCUT2D eigenvalue weighted by Gasteiger charge is 2.33. The van der Waals surface area contributed by atoms with Gasteiger partial charge in [-0.3, -0.25) is 4.90 Å². The second kappa shape index (κ2) is 7.04. The van der Waals surface area contributed by atoms with Crippen molar-refractivity contribution in [3.05, 3.63) is 5.82 Å². The summed E-state index contributed by atoms with van der Waals surface area (Å²) in [7, 11) is 0. The van der Waals surface area contributed by atoms with Crippen LogP contribution in [0.25, 0.3) is 0 Å². The number of tetrazole rings is 1. The molecule has 0 saturated carbocycles. The molecule has 126 valence electrons. The fourth-order valence-electron chi connectivity index (χ4n) is 3.32. The number of aromatic nitrogens is 4. The van der Waals surface area contributed by atoms with Crippen molar-refractivity contribution >= 4 is 0 Å². The summed E-state index contributed by atoms with van der Waals surface area (Å²) in [5.74, 6) is 1.50. The minimum atomic E-state index is -0.0873. The fourth-order valence-corrected chi connectivity index (χ4v) is 3.32. The highest BCUT2D eigenvalue weighted by atomic mass is 15.6. The second-order valence-electron chi connectivity index (χ2n) is 7.69. The van der Waals surface area contributed by atoms with Crippen LogP contribution in [0, 0.1) is 5.92 Å². The summed E-state index contributed by atoms with van der Waals surface area (Å²) in [4.78, 5) is 5.12. The summed E-state index contributed by atoms with van der Waals surface area (Å²) in [6.07, 6.45) is 1.23. The molecule has 0 radical (unpaired) electrons. The van der Waals surface area contributed by atoms with Crippen molar-refractivity contribution in [3.63, 3.8) is 0 Å². The quantitative estimate of drug-likeness (QED) is 0.834. The van der Waals surface area contributed by atoms with Crippen LogP contribution in [0.2, 0.25) is 0 Å². The van der Waals surface area contributed by atoms with Crippen molar-refractivity contribution in [2.24, 2.45) is 5.92 Å². The molecule has 1 fully saturated rings. The van der Waals surface area contributed by atoms with Crippen molar-refractivity contribution in [1.29, 1.82) is 0 Å². The largest absolute Gasteiger partial charge is 0.301 e. The van der Waals surface area contributed by atoms with Gasteiger partial charge in [-0.2, -0.15) is 0 Å². The van der Waals surface area contributed by atoms with Gasteiger partial charge in [0.15, 0.2) is 5.82 Å². The highest BCUT2D eigenvalue weighted by Crippen LogP contribution is 2.30. The molecule has 6 nitrogen and oxygen atoms in total. The van der Waals surface area contributed by atoms with Gasteiger partial charge in [-0.25, -0.2) is 4.68 Å². The molecule has 0 spiro atoms. The van der Waals surface area contributed by atoms with E-state index in [9.17, 15) is 0 Å².